The molecule has 4 heteroatoms. The number of amides is 1. The maximum atomic E-state index is 10.6. The number of carbonyl (C=O) groups is 1. The second-order valence-corrected chi connectivity index (χ2v) is 2.98. The fourth-order valence-electron chi connectivity index (χ4n) is 0.431. The van der Waals surface area contributed by atoms with Crippen LogP contribution in [0.3, 0.4) is 0 Å². The standard InChI is InChI=1S/C7H13N3O/c1-7(2,4-9)5-10-6(11)3-8/h3,5,8H2,1-2H3,(H,10,11). The number of nitrogens with one attached hydrogen (secondary N) is 1. The quantitative estimate of drug-likeness (QED) is 0.582. The lowest BCUT2D eigenvalue weighted by atomic mass is 9.96. The molecule has 0 aromatic rings. The molecule has 1 amide bonds. The monoisotopic (exact) mass is 155 g/mol. The van der Waals surface area contributed by atoms with Gasteiger partial charge in [0, 0.05) is 6.54 Å². The van der Waals surface area contributed by atoms with Gasteiger partial charge >= 0.3 is 0 Å². The average Bonchev–Trinajstić information content (AvgIpc) is 2.00. The summed E-state index contributed by atoms with van der Waals surface area (Å²) in [5.41, 5.74) is 4.54. The molecule has 0 spiro atoms. The second-order valence-electron chi connectivity index (χ2n) is 2.98. The van der Waals surface area contributed by atoms with Crippen LogP contribution < -0.4 is 11.1 Å². The number of nitrogens with two attached hydrogens (primary N) is 1. The zero-order valence-corrected chi connectivity index (χ0v) is 6.85. The van der Waals surface area contributed by atoms with Crippen molar-refractivity contribution in [3.8, 4) is 6.07 Å². The normalized spacial score (nSPS) is 10.4. The van der Waals surface area contributed by atoms with Gasteiger partial charge < -0.3 is 11.1 Å². The molecular formula is C7H13N3O. The van der Waals surface area contributed by atoms with Crippen LogP contribution >= 0.6 is 0 Å². The average molecular weight is 155 g/mol. The Morgan fingerprint density at radius 2 is 2.27 bits per heavy atom. The zero-order chi connectivity index (χ0) is 8.91. The van der Waals surface area contributed by atoms with E-state index in [4.69, 9.17) is 11.0 Å². The first-order valence-corrected chi connectivity index (χ1v) is 3.40. The zero-order valence-electron chi connectivity index (χ0n) is 6.85. The largest absolute Gasteiger partial charge is 0.353 e. The van der Waals surface area contributed by atoms with Gasteiger partial charge in [-0.3, -0.25) is 4.79 Å². The minimum atomic E-state index is -0.509. The first-order valence-electron chi connectivity index (χ1n) is 3.40. The van der Waals surface area contributed by atoms with E-state index in [0.717, 1.165) is 0 Å². The summed E-state index contributed by atoms with van der Waals surface area (Å²) in [6.45, 7) is 3.83. The van der Waals surface area contributed by atoms with Crippen LogP contribution in [-0.4, -0.2) is 19.0 Å². The van der Waals surface area contributed by atoms with Crippen LogP contribution in [0.5, 0.6) is 0 Å². The van der Waals surface area contributed by atoms with E-state index in [-0.39, 0.29) is 12.5 Å². The van der Waals surface area contributed by atoms with Gasteiger partial charge in [-0.05, 0) is 13.8 Å². The predicted molar refractivity (Wildman–Crippen MR) is 41.5 cm³/mol. The summed E-state index contributed by atoms with van der Waals surface area (Å²) >= 11 is 0. The van der Waals surface area contributed by atoms with E-state index in [2.05, 4.69) is 11.4 Å². The molecule has 0 saturated heterocycles. The van der Waals surface area contributed by atoms with Crippen LogP contribution in [0.15, 0.2) is 0 Å². The van der Waals surface area contributed by atoms with Crippen molar-refractivity contribution in [3.63, 3.8) is 0 Å². The molecule has 0 atom stereocenters. The van der Waals surface area contributed by atoms with Crippen molar-refractivity contribution in [1.82, 2.24) is 5.32 Å². The van der Waals surface area contributed by atoms with Crippen molar-refractivity contribution >= 4 is 5.91 Å². The summed E-state index contributed by atoms with van der Waals surface area (Å²) in [4.78, 5) is 10.6. The molecule has 0 aromatic heterocycles. The second kappa shape index (κ2) is 3.94. The summed E-state index contributed by atoms with van der Waals surface area (Å²) in [5, 5.41) is 11.1. The summed E-state index contributed by atoms with van der Waals surface area (Å²) < 4.78 is 0. The topological polar surface area (TPSA) is 78.9 Å². The number of nitrogens with zero attached hydrogens (tertiary/aromatic N) is 1. The molecule has 0 heterocycles. The van der Waals surface area contributed by atoms with Crippen LogP contribution in [0.2, 0.25) is 0 Å². The van der Waals surface area contributed by atoms with E-state index in [1.54, 1.807) is 13.8 Å². The highest BCUT2D eigenvalue weighted by Gasteiger charge is 2.16. The van der Waals surface area contributed by atoms with Crippen LogP contribution in [-0.2, 0) is 4.79 Å². The van der Waals surface area contributed by atoms with Crippen LogP contribution in [0, 0.1) is 16.7 Å². The molecule has 0 fully saturated rings. The van der Waals surface area contributed by atoms with Crippen molar-refractivity contribution < 1.29 is 4.79 Å². The van der Waals surface area contributed by atoms with E-state index in [0.29, 0.717) is 6.54 Å². The number of hydrogen-bond donors (Lipinski definition) is 2. The van der Waals surface area contributed by atoms with Gasteiger partial charge in [-0.1, -0.05) is 0 Å². The van der Waals surface area contributed by atoms with Gasteiger partial charge in [-0.15, -0.1) is 0 Å². The minimum Gasteiger partial charge on any atom is -0.353 e. The third-order valence-corrected chi connectivity index (χ3v) is 1.22. The molecule has 0 rings (SSSR count). The highest BCUT2D eigenvalue weighted by atomic mass is 16.1. The number of nitriles is 1. The Morgan fingerprint density at radius 1 is 1.73 bits per heavy atom. The molecule has 3 N–H and O–H groups in total. The van der Waals surface area contributed by atoms with Gasteiger partial charge in [0.2, 0.25) is 5.91 Å². The number of rotatable bonds is 3. The maximum Gasteiger partial charge on any atom is 0.233 e. The first kappa shape index (κ1) is 9.92. The summed E-state index contributed by atoms with van der Waals surface area (Å²) in [6.07, 6.45) is 0. The molecule has 0 aliphatic heterocycles. The van der Waals surface area contributed by atoms with Crippen molar-refractivity contribution in [2.45, 2.75) is 13.8 Å². The molecule has 0 saturated carbocycles. The number of hydrogen-bond acceptors (Lipinski definition) is 3. The van der Waals surface area contributed by atoms with Gasteiger partial charge in [-0.25, -0.2) is 0 Å². The lowest BCUT2D eigenvalue weighted by molar-refractivity contribution is -0.120. The third-order valence-electron chi connectivity index (χ3n) is 1.22. The van der Waals surface area contributed by atoms with Gasteiger partial charge in [-0.2, -0.15) is 5.26 Å². The molecule has 11 heavy (non-hydrogen) atoms. The van der Waals surface area contributed by atoms with Crippen molar-refractivity contribution in [2.75, 3.05) is 13.1 Å². The van der Waals surface area contributed by atoms with Crippen molar-refractivity contribution in [2.24, 2.45) is 11.1 Å². The molecule has 0 radical (unpaired) electrons. The van der Waals surface area contributed by atoms with Gasteiger partial charge in [0.05, 0.1) is 18.0 Å². The van der Waals surface area contributed by atoms with Gasteiger partial charge in [0.15, 0.2) is 0 Å². The summed E-state index contributed by atoms with van der Waals surface area (Å²) in [6, 6.07) is 2.07. The molecule has 62 valence electrons. The first-order chi connectivity index (χ1) is 5.02. The minimum absolute atomic E-state index is 0.0263. The van der Waals surface area contributed by atoms with Crippen LogP contribution in [0.4, 0.5) is 0 Å². The fourth-order valence-corrected chi connectivity index (χ4v) is 0.431. The Balaban J connectivity index is 3.72. The molecule has 0 aromatic carbocycles. The predicted octanol–water partition coefficient (Wildman–Crippen LogP) is -0.389. The Hall–Kier alpha value is -1.08. The van der Waals surface area contributed by atoms with Crippen molar-refractivity contribution in [1.29, 1.82) is 5.26 Å². The van der Waals surface area contributed by atoms with Crippen molar-refractivity contribution in [3.05, 3.63) is 0 Å². The number of carbonyl (C=O) groups excluding carboxylic acids is 1. The Labute approximate surface area is 66.4 Å². The van der Waals surface area contributed by atoms with E-state index < -0.39 is 5.41 Å². The molecule has 0 bridgehead atoms. The third kappa shape index (κ3) is 4.34. The van der Waals surface area contributed by atoms with E-state index in [1.807, 2.05) is 0 Å². The molecule has 4 nitrogen and oxygen atoms in total. The molecule has 0 aliphatic rings. The van der Waals surface area contributed by atoms with E-state index in [1.165, 1.54) is 0 Å². The van der Waals surface area contributed by atoms with Gasteiger partial charge in [0.1, 0.15) is 0 Å². The Bertz CT molecular complexity index is 181. The van der Waals surface area contributed by atoms with E-state index in [9.17, 15) is 4.79 Å². The lowest BCUT2D eigenvalue weighted by Gasteiger charge is -2.14. The lowest BCUT2D eigenvalue weighted by Crippen LogP contribution is -2.36. The highest BCUT2D eigenvalue weighted by molar-refractivity contribution is 5.77. The van der Waals surface area contributed by atoms with Gasteiger partial charge in [0.25, 0.3) is 0 Å². The molecule has 0 unspecified atom stereocenters. The smallest absolute Gasteiger partial charge is 0.233 e. The summed E-state index contributed by atoms with van der Waals surface area (Å²) in [7, 11) is 0. The maximum absolute atomic E-state index is 10.6. The molecule has 0 aliphatic carbocycles. The van der Waals surface area contributed by atoms with E-state index >= 15 is 0 Å². The Morgan fingerprint density at radius 3 is 2.64 bits per heavy atom. The fraction of sp³-hybridized carbons (Fsp3) is 0.714. The molecular weight excluding hydrogens is 142 g/mol. The van der Waals surface area contributed by atoms with Crippen LogP contribution in [0.1, 0.15) is 13.8 Å². The van der Waals surface area contributed by atoms with Crippen LogP contribution in [0.25, 0.3) is 0 Å². The SMILES string of the molecule is CC(C)(C#N)CNC(=O)CN. The Kier molecular flexibility index (Phi) is 3.55. The highest BCUT2D eigenvalue weighted by Crippen LogP contribution is 2.09. The summed E-state index contributed by atoms with van der Waals surface area (Å²) in [5.74, 6) is -0.228.